The van der Waals surface area contributed by atoms with E-state index < -0.39 is 62.1 Å². The van der Waals surface area contributed by atoms with Crippen molar-refractivity contribution in [1.29, 1.82) is 0 Å². The number of nitrogens with one attached hydrogen (secondary N) is 2. The van der Waals surface area contributed by atoms with Gasteiger partial charge < -0.3 is 24.6 Å². The Balaban J connectivity index is 1.13. The molecule has 3 saturated carbocycles. The molecule has 0 radical (unpaired) electrons. The maximum atomic E-state index is 14.8. The number of ether oxygens (including phenoxy) is 2. The second kappa shape index (κ2) is 15.1. The number of allylic oxidation sites excluding steroid dienone is 1. The average molecular weight is 777 g/mol. The Morgan fingerprint density at radius 3 is 2.55 bits per heavy atom. The fraction of sp³-hybridized carbons (Fsp3) is 0.650. The Morgan fingerprint density at radius 2 is 1.76 bits per heavy atom. The largest absolute Gasteiger partial charge is 0.471 e. The summed E-state index contributed by atoms with van der Waals surface area (Å²) in [5, 5.41) is 2.94. The maximum Gasteiger partial charge on any atom is 0.259 e. The van der Waals surface area contributed by atoms with Gasteiger partial charge in [-0.3, -0.25) is 23.9 Å². The minimum atomic E-state index is -3.98. The number of para-hydroxylation sites is 2. The molecule has 4 heterocycles. The van der Waals surface area contributed by atoms with Gasteiger partial charge in [-0.25, -0.2) is 18.4 Å². The molecule has 3 aliphatic heterocycles. The van der Waals surface area contributed by atoms with E-state index in [1.165, 1.54) is 9.80 Å². The monoisotopic (exact) mass is 776 g/mol. The quantitative estimate of drug-likeness (QED) is 0.344. The van der Waals surface area contributed by atoms with Gasteiger partial charge in [0.2, 0.25) is 34.1 Å². The summed E-state index contributed by atoms with van der Waals surface area (Å²) in [5.41, 5.74) is 0.643. The van der Waals surface area contributed by atoms with Crippen molar-refractivity contribution >= 4 is 45.2 Å². The summed E-state index contributed by atoms with van der Waals surface area (Å²) >= 11 is 0. The first kappa shape index (κ1) is 37.8. The SMILES string of the molecule is CC1(S(=O)(=O)NC(=O)C23CC2C=CCCCCCC2C(=O)N4CC(CC4C(=O)N3)Oc3nc4ccccc4nc3CCCCCC3CC3OCN2C=O)CC1. The van der Waals surface area contributed by atoms with Gasteiger partial charge in [-0.1, -0.05) is 50.0 Å². The summed E-state index contributed by atoms with van der Waals surface area (Å²) in [6.45, 7) is 1.62. The van der Waals surface area contributed by atoms with Crippen LogP contribution in [-0.2, 0) is 40.4 Å². The highest BCUT2D eigenvalue weighted by atomic mass is 32.2. The molecule has 2 N–H and O–H groups in total. The van der Waals surface area contributed by atoms with Crippen LogP contribution in [0.4, 0.5) is 0 Å². The minimum Gasteiger partial charge on any atom is -0.471 e. The van der Waals surface area contributed by atoms with Gasteiger partial charge >= 0.3 is 0 Å². The summed E-state index contributed by atoms with van der Waals surface area (Å²) in [6, 6.07) is 5.64. The number of aromatic nitrogens is 2. The number of benzene rings is 1. The number of fused-ring (bicyclic) bond motifs is 6. The van der Waals surface area contributed by atoms with Crippen LogP contribution in [0, 0.1) is 11.8 Å². The summed E-state index contributed by atoms with van der Waals surface area (Å²) in [4.78, 5) is 68.6. The molecule has 4 fully saturated rings. The topological polar surface area (TPSA) is 177 Å². The highest BCUT2D eigenvalue weighted by molar-refractivity contribution is 7.91. The van der Waals surface area contributed by atoms with Crippen LogP contribution >= 0.6 is 0 Å². The highest BCUT2D eigenvalue weighted by Gasteiger charge is 2.63. The van der Waals surface area contributed by atoms with E-state index >= 15 is 0 Å². The number of rotatable bonds is 4. The Labute approximate surface area is 322 Å². The molecule has 14 nitrogen and oxygen atoms in total. The predicted molar refractivity (Wildman–Crippen MR) is 202 cm³/mol. The van der Waals surface area contributed by atoms with E-state index in [0.29, 0.717) is 67.9 Å². The molecule has 6 aliphatic rings. The molecule has 8 rings (SSSR count). The van der Waals surface area contributed by atoms with Crippen LogP contribution in [0.15, 0.2) is 36.4 Å². The van der Waals surface area contributed by atoms with Gasteiger partial charge in [-0.05, 0) is 89.2 Å². The van der Waals surface area contributed by atoms with Crippen LogP contribution in [0.2, 0.25) is 0 Å². The van der Waals surface area contributed by atoms with Gasteiger partial charge in [-0.15, -0.1) is 0 Å². The van der Waals surface area contributed by atoms with E-state index in [4.69, 9.17) is 19.4 Å². The summed E-state index contributed by atoms with van der Waals surface area (Å²) in [7, 11) is -3.98. The van der Waals surface area contributed by atoms with Crippen molar-refractivity contribution in [3.8, 4) is 5.88 Å². The second-order valence-corrected chi connectivity index (χ2v) is 18.9. The van der Waals surface area contributed by atoms with Crippen LogP contribution in [-0.4, -0.2) is 100 Å². The first-order chi connectivity index (χ1) is 26.5. The fourth-order valence-electron chi connectivity index (χ4n) is 8.52. The van der Waals surface area contributed by atoms with Gasteiger partial charge in [-0.2, -0.15) is 0 Å². The number of aryl methyl sites for hydroxylation is 1. The third kappa shape index (κ3) is 7.83. The first-order valence-electron chi connectivity index (χ1n) is 20.1. The van der Waals surface area contributed by atoms with Crippen molar-refractivity contribution in [3.05, 3.63) is 42.1 Å². The van der Waals surface area contributed by atoms with Crippen LogP contribution in [0.3, 0.4) is 0 Å². The van der Waals surface area contributed by atoms with Crippen molar-refractivity contribution in [1.82, 2.24) is 29.8 Å². The van der Waals surface area contributed by atoms with Crippen LogP contribution in [0.5, 0.6) is 5.88 Å². The zero-order valence-electron chi connectivity index (χ0n) is 31.5. The molecule has 3 aliphatic carbocycles. The molecule has 1 aromatic heterocycles. The van der Waals surface area contributed by atoms with Gasteiger partial charge in [0.25, 0.3) is 5.91 Å². The molecule has 55 heavy (non-hydrogen) atoms. The molecule has 296 valence electrons. The Bertz CT molecular complexity index is 1970. The standard InChI is InChI=1S/C40H52N6O8S/c1-39(18-19-39)55(51,52)44-38(50)40-22-27(40)13-7-3-2-4-9-17-32-37(49)46-23-28(21-33(46)35(48)43-40)54-36-31(41-29-14-10-11-15-30(29)42-36)16-8-5-6-12-26-20-34(26)53-25-45(32)24-47/h7,10-11,13-15,24,26-28,32-34H,2-6,8-9,12,16-23,25H2,1H3,(H,43,48)(H,44,50). The molecule has 4 amide bonds. The smallest absolute Gasteiger partial charge is 0.259 e. The molecule has 7 unspecified atom stereocenters. The molecule has 2 aromatic rings. The molecule has 7 atom stereocenters. The number of carbonyl (C=O) groups is 4. The lowest BCUT2D eigenvalue weighted by Gasteiger charge is -2.33. The predicted octanol–water partition coefficient (Wildman–Crippen LogP) is 3.68. The lowest BCUT2D eigenvalue weighted by Crippen LogP contribution is -2.58. The van der Waals surface area contributed by atoms with E-state index in [2.05, 4.69) is 10.0 Å². The van der Waals surface area contributed by atoms with Crippen molar-refractivity contribution < 1.29 is 37.1 Å². The van der Waals surface area contributed by atoms with E-state index in [0.717, 1.165) is 50.5 Å². The zero-order valence-corrected chi connectivity index (χ0v) is 32.3. The molecule has 1 saturated heterocycles. The third-order valence-corrected chi connectivity index (χ3v) is 14.8. The molecular formula is C40H52N6O8S. The molecule has 0 spiro atoms. The minimum absolute atomic E-state index is 0.0250. The molecule has 15 heteroatoms. The molecular weight excluding hydrogens is 725 g/mol. The lowest BCUT2D eigenvalue weighted by molar-refractivity contribution is -0.149. The van der Waals surface area contributed by atoms with E-state index in [1.54, 1.807) is 6.92 Å². The number of hydrogen-bond donors (Lipinski definition) is 2. The van der Waals surface area contributed by atoms with Crippen molar-refractivity contribution in [2.24, 2.45) is 11.8 Å². The Hall–Kier alpha value is -4.11. The fourth-order valence-corrected chi connectivity index (χ4v) is 9.83. The molecule has 3 bridgehead atoms. The number of nitrogens with zero attached hydrogens (tertiary/aromatic N) is 4. The van der Waals surface area contributed by atoms with E-state index in [1.807, 2.05) is 36.4 Å². The van der Waals surface area contributed by atoms with Crippen LogP contribution < -0.4 is 14.8 Å². The lowest BCUT2D eigenvalue weighted by atomic mass is 10.0. The second-order valence-electron chi connectivity index (χ2n) is 16.7. The molecule has 1 aromatic carbocycles. The van der Waals surface area contributed by atoms with Crippen LogP contribution in [0.1, 0.15) is 103 Å². The van der Waals surface area contributed by atoms with E-state index in [-0.39, 0.29) is 32.2 Å². The van der Waals surface area contributed by atoms with E-state index in [9.17, 15) is 27.6 Å². The number of amides is 4. The summed E-state index contributed by atoms with van der Waals surface area (Å²) in [6.07, 6.45) is 14.1. The summed E-state index contributed by atoms with van der Waals surface area (Å²) in [5.74, 6) is -1.40. The number of hydrogen-bond acceptors (Lipinski definition) is 10. The van der Waals surface area contributed by atoms with Crippen molar-refractivity contribution in [3.63, 3.8) is 0 Å². The van der Waals surface area contributed by atoms with Crippen LogP contribution in [0.25, 0.3) is 11.0 Å². The maximum absolute atomic E-state index is 14.8. The number of carbonyl (C=O) groups excluding carboxylic acids is 4. The Kier molecular flexibility index (Phi) is 10.4. The zero-order chi connectivity index (χ0) is 38.4. The average Bonchev–Trinajstić information content (AvgIpc) is 4.12. The van der Waals surface area contributed by atoms with Gasteiger partial charge in [0, 0.05) is 12.3 Å². The van der Waals surface area contributed by atoms with Gasteiger partial charge in [0.15, 0.2) is 0 Å². The summed E-state index contributed by atoms with van der Waals surface area (Å²) < 4.78 is 40.5. The first-order valence-corrected chi connectivity index (χ1v) is 21.6. The third-order valence-electron chi connectivity index (χ3n) is 12.7. The Morgan fingerprint density at radius 1 is 1.00 bits per heavy atom. The normalized spacial score (nSPS) is 32.6. The van der Waals surface area contributed by atoms with Crippen molar-refractivity contribution in [2.45, 2.75) is 138 Å². The van der Waals surface area contributed by atoms with Gasteiger partial charge in [0.1, 0.15) is 36.2 Å². The number of sulfonamides is 1. The van der Waals surface area contributed by atoms with Gasteiger partial charge in [0.05, 0.1) is 28.4 Å². The highest BCUT2D eigenvalue weighted by Crippen LogP contribution is 2.47. The van der Waals surface area contributed by atoms with Crippen molar-refractivity contribution in [2.75, 3.05) is 13.3 Å².